The molecule has 0 fully saturated rings. The van der Waals surface area contributed by atoms with Crippen LogP contribution in [0.4, 0.5) is 11.4 Å². The average Bonchev–Trinajstić information content (AvgIpc) is 2.27. The van der Waals surface area contributed by atoms with Crippen LogP contribution in [0.15, 0.2) is 24.3 Å². The van der Waals surface area contributed by atoms with E-state index in [4.69, 9.17) is 0 Å². The summed E-state index contributed by atoms with van der Waals surface area (Å²) in [6.45, 7) is 4.49. The molecule has 2 nitrogen and oxygen atoms in total. The first-order valence-corrected chi connectivity index (χ1v) is 6.18. The van der Waals surface area contributed by atoms with Crippen LogP contribution < -0.4 is 10.2 Å². The van der Waals surface area contributed by atoms with Gasteiger partial charge < -0.3 is 10.2 Å². The molecule has 90 valence electrons. The van der Waals surface area contributed by atoms with Gasteiger partial charge in [0, 0.05) is 20.1 Å². The van der Waals surface area contributed by atoms with Gasteiger partial charge in [0.25, 0.3) is 0 Å². The van der Waals surface area contributed by atoms with Gasteiger partial charge >= 0.3 is 0 Å². The maximum absolute atomic E-state index is 3.58. The number of hydrogen-bond donors (Lipinski definition) is 1. The number of hydrogen-bond acceptors (Lipinski definition) is 2. The van der Waals surface area contributed by atoms with Gasteiger partial charge in [0.1, 0.15) is 0 Å². The highest BCUT2D eigenvalue weighted by Crippen LogP contribution is 2.24. The van der Waals surface area contributed by atoms with Crippen LogP contribution in [-0.2, 0) is 0 Å². The average molecular weight is 220 g/mol. The molecule has 1 rings (SSSR count). The molecule has 0 saturated carbocycles. The monoisotopic (exact) mass is 220 g/mol. The molecule has 0 radical (unpaired) electrons. The zero-order valence-corrected chi connectivity index (χ0v) is 11.0. The summed E-state index contributed by atoms with van der Waals surface area (Å²) in [5, 5.41) is 3.58. The van der Waals surface area contributed by atoms with Gasteiger partial charge in [-0.1, -0.05) is 31.9 Å². The number of rotatable bonds is 6. The van der Waals surface area contributed by atoms with E-state index in [0.29, 0.717) is 6.04 Å². The van der Waals surface area contributed by atoms with Gasteiger partial charge in [-0.3, -0.25) is 0 Å². The summed E-state index contributed by atoms with van der Waals surface area (Å²) in [6.07, 6.45) is 3.79. The van der Waals surface area contributed by atoms with Crippen molar-refractivity contribution in [2.45, 2.75) is 39.2 Å². The van der Waals surface area contributed by atoms with Gasteiger partial charge in [0.05, 0.1) is 11.4 Å². The second-order valence-corrected chi connectivity index (χ2v) is 4.60. The van der Waals surface area contributed by atoms with Crippen LogP contribution >= 0.6 is 0 Å². The molecule has 0 aliphatic carbocycles. The Morgan fingerprint density at radius 2 is 1.94 bits per heavy atom. The first-order chi connectivity index (χ1) is 7.65. The minimum absolute atomic E-state index is 0.543. The summed E-state index contributed by atoms with van der Waals surface area (Å²) >= 11 is 0. The van der Waals surface area contributed by atoms with Crippen LogP contribution in [0.1, 0.15) is 33.1 Å². The molecular formula is C14H24N2. The van der Waals surface area contributed by atoms with Crippen LogP contribution in [0.5, 0.6) is 0 Å². The number of anilines is 2. The molecule has 0 aliphatic rings. The molecule has 1 N–H and O–H groups in total. The molecule has 0 aliphatic heterocycles. The molecule has 16 heavy (non-hydrogen) atoms. The minimum atomic E-state index is 0.543. The summed E-state index contributed by atoms with van der Waals surface area (Å²) in [5.41, 5.74) is 2.49. The topological polar surface area (TPSA) is 15.3 Å². The maximum Gasteiger partial charge on any atom is 0.0596 e. The molecule has 0 spiro atoms. The summed E-state index contributed by atoms with van der Waals surface area (Å²) < 4.78 is 0. The van der Waals surface area contributed by atoms with Gasteiger partial charge in [0.2, 0.25) is 0 Å². The predicted octanol–water partition coefficient (Wildman–Crippen LogP) is 3.74. The summed E-state index contributed by atoms with van der Waals surface area (Å²) in [4.78, 5) is 2.15. The second kappa shape index (κ2) is 6.41. The molecule has 1 aromatic carbocycles. The molecule has 0 bridgehead atoms. The van der Waals surface area contributed by atoms with E-state index >= 15 is 0 Å². The Kier molecular flexibility index (Phi) is 5.17. The number of nitrogens with one attached hydrogen (secondary N) is 1. The van der Waals surface area contributed by atoms with E-state index in [9.17, 15) is 0 Å². The molecule has 0 amide bonds. The van der Waals surface area contributed by atoms with Gasteiger partial charge in [-0.05, 0) is 25.5 Å². The summed E-state index contributed by atoms with van der Waals surface area (Å²) in [5.74, 6) is 0. The van der Waals surface area contributed by atoms with E-state index in [-0.39, 0.29) is 0 Å². The van der Waals surface area contributed by atoms with E-state index in [0.717, 1.165) is 0 Å². The van der Waals surface area contributed by atoms with Gasteiger partial charge in [-0.15, -0.1) is 0 Å². The SMILES string of the molecule is CCCCC(C)Nc1ccccc1N(C)C. The molecule has 0 heterocycles. The minimum Gasteiger partial charge on any atom is -0.381 e. The third-order valence-corrected chi connectivity index (χ3v) is 2.78. The normalized spacial score (nSPS) is 12.2. The number of unbranched alkanes of at least 4 members (excludes halogenated alkanes) is 1. The molecule has 0 aromatic heterocycles. The van der Waals surface area contributed by atoms with Gasteiger partial charge in [-0.25, -0.2) is 0 Å². The quantitative estimate of drug-likeness (QED) is 0.785. The van der Waals surface area contributed by atoms with Gasteiger partial charge in [-0.2, -0.15) is 0 Å². The highest BCUT2D eigenvalue weighted by atomic mass is 15.1. The van der Waals surface area contributed by atoms with E-state index < -0.39 is 0 Å². The second-order valence-electron chi connectivity index (χ2n) is 4.60. The highest BCUT2D eigenvalue weighted by molar-refractivity contribution is 5.69. The van der Waals surface area contributed by atoms with E-state index in [1.807, 2.05) is 0 Å². The molecule has 1 unspecified atom stereocenters. The molecule has 1 atom stereocenters. The van der Waals surface area contributed by atoms with Crippen LogP contribution in [0.3, 0.4) is 0 Å². The van der Waals surface area contributed by atoms with Crippen molar-refractivity contribution >= 4 is 11.4 Å². The Morgan fingerprint density at radius 3 is 2.56 bits per heavy atom. The number of nitrogens with zero attached hydrogens (tertiary/aromatic N) is 1. The maximum atomic E-state index is 3.58. The van der Waals surface area contributed by atoms with Crippen molar-refractivity contribution in [2.75, 3.05) is 24.3 Å². The van der Waals surface area contributed by atoms with Crippen molar-refractivity contribution in [3.63, 3.8) is 0 Å². The lowest BCUT2D eigenvalue weighted by molar-refractivity contribution is 0.645. The molecule has 0 saturated heterocycles. The largest absolute Gasteiger partial charge is 0.381 e. The number of para-hydroxylation sites is 2. The number of benzene rings is 1. The van der Waals surface area contributed by atoms with Crippen LogP contribution in [0.25, 0.3) is 0 Å². The Morgan fingerprint density at radius 1 is 1.25 bits per heavy atom. The summed E-state index contributed by atoms with van der Waals surface area (Å²) in [7, 11) is 4.16. The lowest BCUT2D eigenvalue weighted by Gasteiger charge is -2.21. The lowest BCUT2D eigenvalue weighted by Crippen LogP contribution is -2.18. The predicted molar refractivity (Wildman–Crippen MR) is 73.4 cm³/mol. The Hall–Kier alpha value is -1.18. The molecule has 2 heteroatoms. The molecule has 1 aromatic rings. The standard InChI is InChI=1S/C14H24N2/c1-5-6-9-12(2)15-13-10-7-8-11-14(13)16(3)4/h7-8,10-12,15H,5-6,9H2,1-4H3. The Balaban J connectivity index is 2.65. The fraction of sp³-hybridized carbons (Fsp3) is 0.571. The van der Waals surface area contributed by atoms with Crippen molar-refractivity contribution in [1.29, 1.82) is 0 Å². The van der Waals surface area contributed by atoms with Crippen molar-refractivity contribution in [3.05, 3.63) is 24.3 Å². The molecular weight excluding hydrogens is 196 g/mol. The lowest BCUT2D eigenvalue weighted by atomic mass is 10.1. The fourth-order valence-corrected chi connectivity index (χ4v) is 1.83. The van der Waals surface area contributed by atoms with Crippen LogP contribution in [0.2, 0.25) is 0 Å². The zero-order valence-electron chi connectivity index (χ0n) is 11.0. The Bertz CT molecular complexity index is 307. The third kappa shape index (κ3) is 3.76. The van der Waals surface area contributed by atoms with E-state index in [1.54, 1.807) is 0 Å². The highest BCUT2D eigenvalue weighted by Gasteiger charge is 2.06. The van der Waals surface area contributed by atoms with Crippen LogP contribution in [0, 0.1) is 0 Å². The van der Waals surface area contributed by atoms with Crippen molar-refractivity contribution < 1.29 is 0 Å². The first-order valence-electron chi connectivity index (χ1n) is 6.18. The fourth-order valence-electron chi connectivity index (χ4n) is 1.83. The van der Waals surface area contributed by atoms with Crippen molar-refractivity contribution in [1.82, 2.24) is 0 Å². The van der Waals surface area contributed by atoms with Crippen LogP contribution in [-0.4, -0.2) is 20.1 Å². The van der Waals surface area contributed by atoms with E-state index in [2.05, 4.69) is 62.4 Å². The van der Waals surface area contributed by atoms with Crippen molar-refractivity contribution in [3.8, 4) is 0 Å². The third-order valence-electron chi connectivity index (χ3n) is 2.78. The van der Waals surface area contributed by atoms with E-state index in [1.165, 1.54) is 30.6 Å². The van der Waals surface area contributed by atoms with Crippen molar-refractivity contribution in [2.24, 2.45) is 0 Å². The smallest absolute Gasteiger partial charge is 0.0596 e. The zero-order chi connectivity index (χ0) is 12.0. The van der Waals surface area contributed by atoms with Gasteiger partial charge in [0.15, 0.2) is 0 Å². The first kappa shape index (κ1) is 12.9. The summed E-state index contributed by atoms with van der Waals surface area (Å²) in [6, 6.07) is 9.01. The Labute approximate surface area is 99.7 Å².